The molecule has 1 heteroatoms. The molecule has 0 amide bonds. The average molecular weight is 178 g/mol. The van der Waals surface area contributed by atoms with Crippen LogP contribution in [0.3, 0.4) is 0 Å². The Labute approximate surface area is 80.2 Å². The number of allylic oxidation sites excluding steroid dienone is 2. The maximum atomic E-state index is 11.4. The van der Waals surface area contributed by atoms with Gasteiger partial charge in [0.25, 0.3) is 0 Å². The minimum atomic E-state index is 0.458. The van der Waals surface area contributed by atoms with Crippen molar-refractivity contribution in [2.45, 2.75) is 46.0 Å². The first-order chi connectivity index (χ1) is 6.18. The van der Waals surface area contributed by atoms with Crippen LogP contribution in [0.4, 0.5) is 0 Å². The summed E-state index contributed by atoms with van der Waals surface area (Å²) in [6, 6.07) is 0. The van der Waals surface area contributed by atoms with Crippen molar-refractivity contribution in [3.63, 3.8) is 0 Å². The fourth-order valence-electron chi connectivity index (χ4n) is 2.85. The van der Waals surface area contributed by atoms with E-state index in [0.29, 0.717) is 17.6 Å². The molecule has 2 rings (SSSR count). The van der Waals surface area contributed by atoms with E-state index in [4.69, 9.17) is 0 Å². The summed E-state index contributed by atoms with van der Waals surface area (Å²) >= 11 is 0. The number of hydrogen-bond acceptors (Lipinski definition) is 1. The number of carbonyl (C=O) groups excluding carboxylic acids is 1. The summed E-state index contributed by atoms with van der Waals surface area (Å²) in [5.41, 5.74) is 3.12. The Kier molecular flexibility index (Phi) is 2.27. The summed E-state index contributed by atoms with van der Waals surface area (Å²) in [5, 5.41) is 0. The van der Waals surface area contributed by atoms with Crippen molar-refractivity contribution in [3.8, 4) is 0 Å². The van der Waals surface area contributed by atoms with Crippen molar-refractivity contribution >= 4 is 5.78 Å². The lowest BCUT2D eigenvalue weighted by Crippen LogP contribution is -2.23. The molecule has 0 unspecified atom stereocenters. The van der Waals surface area contributed by atoms with Gasteiger partial charge in [0.15, 0.2) is 0 Å². The summed E-state index contributed by atoms with van der Waals surface area (Å²) in [7, 11) is 0. The zero-order valence-electron chi connectivity index (χ0n) is 8.60. The van der Waals surface area contributed by atoms with Gasteiger partial charge < -0.3 is 0 Å². The minimum Gasteiger partial charge on any atom is -0.299 e. The molecule has 2 aliphatic rings. The summed E-state index contributed by atoms with van der Waals surface area (Å²) in [5.74, 6) is 1.68. The molecular formula is C12H18O. The van der Waals surface area contributed by atoms with E-state index >= 15 is 0 Å². The van der Waals surface area contributed by atoms with Crippen LogP contribution in [0, 0.1) is 11.8 Å². The molecule has 0 radical (unpaired) electrons. The first-order valence-electron chi connectivity index (χ1n) is 5.42. The van der Waals surface area contributed by atoms with Crippen molar-refractivity contribution in [1.29, 1.82) is 0 Å². The predicted octanol–water partition coefficient (Wildman–Crippen LogP) is 3.10. The molecule has 0 fully saturated rings. The fourth-order valence-corrected chi connectivity index (χ4v) is 2.85. The third kappa shape index (κ3) is 1.56. The quantitative estimate of drug-likeness (QED) is 0.521. The van der Waals surface area contributed by atoms with Crippen molar-refractivity contribution in [3.05, 3.63) is 11.1 Å². The zero-order chi connectivity index (χ0) is 9.42. The number of carbonyl (C=O) groups is 1. The van der Waals surface area contributed by atoms with Crippen LogP contribution in [0.5, 0.6) is 0 Å². The Morgan fingerprint density at radius 1 is 1.15 bits per heavy atom. The van der Waals surface area contributed by atoms with Gasteiger partial charge >= 0.3 is 0 Å². The highest BCUT2D eigenvalue weighted by molar-refractivity contribution is 5.83. The van der Waals surface area contributed by atoms with Gasteiger partial charge in [0.1, 0.15) is 5.78 Å². The molecule has 0 bridgehead atoms. The van der Waals surface area contributed by atoms with E-state index in [1.165, 1.54) is 24.8 Å². The first-order valence-corrected chi connectivity index (χ1v) is 5.42. The smallest absolute Gasteiger partial charge is 0.137 e. The first kappa shape index (κ1) is 8.98. The van der Waals surface area contributed by atoms with Gasteiger partial charge in [-0.2, -0.15) is 0 Å². The zero-order valence-corrected chi connectivity index (χ0v) is 8.60. The van der Waals surface area contributed by atoms with Crippen LogP contribution in [0.1, 0.15) is 46.0 Å². The molecule has 2 aliphatic carbocycles. The Bertz CT molecular complexity index is 262. The Morgan fingerprint density at radius 3 is 2.69 bits per heavy atom. The molecule has 0 aromatic heterocycles. The third-order valence-electron chi connectivity index (χ3n) is 3.61. The molecule has 0 aromatic carbocycles. The standard InChI is InChI=1S/C12H18O/c1-8-4-3-5-11-9(2)6-10(13)7-12(8)11/h8-9H,3-7H2,1-2H3/t8-,9-/m0/s1. The number of hydrogen-bond donors (Lipinski definition) is 0. The summed E-state index contributed by atoms with van der Waals surface area (Å²) in [6.07, 6.45) is 5.44. The van der Waals surface area contributed by atoms with Crippen molar-refractivity contribution in [1.82, 2.24) is 0 Å². The van der Waals surface area contributed by atoms with Crippen molar-refractivity contribution < 1.29 is 4.79 Å². The van der Waals surface area contributed by atoms with E-state index in [-0.39, 0.29) is 0 Å². The molecule has 0 spiro atoms. The fraction of sp³-hybridized carbons (Fsp3) is 0.750. The van der Waals surface area contributed by atoms with Gasteiger partial charge in [-0.25, -0.2) is 0 Å². The van der Waals surface area contributed by atoms with Gasteiger partial charge in [0, 0.05) is 12.8 Å². The molecule has 72 valence electrons. The van der Waals surface area contributed by atoms with Crippen LogP contribution in [-0.4, -0.2) is 5.78 Å². The molecular weight excluding hydrogens is 160 g/mol. The average Bonchev–Trinajstić information content (AvgIpc) is 2.07. The van der Waals surface area contributed by atoms with Gasteiger partial charge in [-0.05, 0) is 31.1 Å². The summed E-state index contributed by atoms with van der Waals surface area (Å²) < 4.78 is 0. The molecule has 0 N–H and O–H groups in total. The molecule has 0 saturated carbocycles. The molecule has 0 heterocycles. The second-order valence-electron chi connectivity index (χ2n) is 4.66. The van der Waals surface area contributed by atoms with Gasteiger partial charge in [-0.15, -0.1) is 0 Å². The van der Waals surface area contributed by atoms with E-state index in [1.807, 2.05) is 0 Å². The SMILES string of the molecule is C[C@H]1CCCC2=C1CC(=O)C[C@@H]2C. The maximum absolute atomic E-state index is 11.4. The predicted molar refractivity (Wildman–Crippen MR) is 53.4 cm³/mol. The maximum Gasteiger partial charge on any atom is 0.137 e. The molecule has 0 saturated heterocycles. The lowest BCUT2D eigenvalue weighted by atomic mass is 9.72. The minimum absolute atomic E-state index is 0.458. The lowest BCUT2D eigenvalue weighted by Gasteiger charge is -2.33. The van der Waals surface area contributed by atoms with E-state index in [1.54, 1.807) is 5.57 Å². The van der Waals surface area contributed by atoms with Crippen LogP contribution < -0.4 is 0 Å². The molecule has 0 aromatic rings. The largest absolute Gasteiger partial charge is 0.299 e. The van der Waals surface area contributed by atoms with Gasteiger partial charge in [-0.3, -0.25) is 4.79 Å². The Morgan fingerprint density at radius 2 is 1.92 bits per heavy atom. The van der Waals surface area contributed by atoms with Crippen molar-refractivity contribution in [2.75, 3.05) is 0 Å². The van der Waals surface area contributed by atoms with E-state index in [0.717, 1.165) is 12.8 Å². The van der Waals surface area contributed by atoms with Crippen LogP contribution in [-0.2, 0) is 4.79 Å². The van der Waals surface area contributed by atoms with Crippen LogP contribution in [0.25, 0.3) is 0 Å². The van der Waals surface area contributed by atoms with Crippen LogP contribution in [0.15, 0.2) is 11.1 Å². The Balaban J connectivity index is 2.32. The van der Waals surface area contributed by atoms with Gasteiger partial charge in [-0.1, -0.05) is 25.0 Å². The van der Waals surface area contributed by atoms with Crippen LogP contribution >= 0.6 is 0 Å². The summed E-state index contributed by atoms with van der Waals surface area (Å²) in [4.78, 5) is 11.4. The highest BCUT2D eigenvalue weighted by Crippen LogP contribution is 2.40. The number of Topliss-reactive ketones (excluding diaryl/α,β-unsaturated/α-hetero) is 1. The van der Waals surface area contributed by atoms with Gasteiger partial charge in [0.2, 0.25) is 0 Å². The van der Waals surface area contributed by atoms with E-state index in [9.17, 15) is 4.79 Å². The molecule has 1 nitrogen and oxygen atoms in total. The second kappa shape index (κ2) is 3.28. The second-order valence-corrected chi connectivity index (χ2v) is 4.66. The highest BCUT2D eigenvalue weighted by Gasteiger charge is 2.29. The molecule has 2 atom stereocenters. The topological polar surface area (TPSA) is 17.1 Å². The molecule has 0 aliphatic heterocycles. The van der Waals surface area contributed by atoms with E-state index in [2.05, 4.69) is 13.8 Å². The number of ketones is 1. The molecule has 13 heavy (non-hydrogen) atoms. The summed E-state index contributed by atoms with van der Waals surface area (Å²) in [6.45, 7) is 4.49. The monoisotopic (exact) mass is 178 g/mol. The lowest BCUT2D eigenvalue weighted by molar-refractivity contribution is -0.119. The normalized spacial score (nSPS) is 34.8. The highest BCUT2D eigenvalue weighted by atomic mass is 16.1. The van der Waals surface area contributed by atoms with Crippen LogP contribution in [0.2, 0.25) is 0 Å². The Hall–Kier alpha value is -0.590. The van der Waals surface area contributed by atoms with Crippen molar-refractivity contribution in [2.24, 2.45) is 11.8 Å². The third-order valence-corrected chi connectivity index (χ3v) is 3.61. The van der Waals surface area contributed by atoms with E-state index < -0.39 is 0 Å². The number of rotatable bonds is 0. The van der Waals surface area contributed by atoms with Gasteiger partial charge in [0.05, 0.1) is 0 Å².